The lowest BCUT2D eigenvalue weighted by Crippen LogP contribution is -2.34. The topological polar surface area (TPSA) is 40.5 Å². The average molecular weight is 183 g/mol. The highest BCUT2D eigenvalue weighted by atomic mass is 16.3. The highest BCUT2D eigenvalue weighted by Crippen LogP contribution is 2.28. The molecule has 0 bridgehead atoms. The summed E-state index contributed by atoms with van der Waals surface area (Å²) in [5, 5.41) is 8.97. The van der Waals surface area contributed by atoms with E-state index in [0.717, 1.165) is 6.54 Å². The van der Waals surface area contributed by atoms with Crippen LogP contribution in [0.3, 0.4) is 0 Å². The summed E-state index contributed by atoms with van der Waals surface area (Å²) < 4.78 is 0. The third-order valence-electron chi connectivity index (χ3n) is 3.26. The predicted octanol–water partition coefficient (Wildman–Crippen LogP) is 0.770. The van der Waals surface area contributed by atoms with E-state index in [1.807, 2.05) is 4.90 Å². The Kier molecular flexibility index (Phi) is 2.54. The van der Waals surface area contributed by atoms with Gasteiger partial charge in [0.1, 0.15) is 0 Å². The lowest BCUT2D eigenvalue weighted by molar-refractivity contribution is -0.129. The molecule has 0 aromatic rings. The van der Waals surface area contributed by atoms with E-state index in [-0.39, 0.29) is 18.4 Å². The van der Waals surface area contributed by atoms with E-state index >= 15 is 0 Å². The average Bonchev–Trinajstić information content (AvgIpc) is 2.72. The molecule has 74 valence electrons. The molecule has 1 heterocycles. The molecule has 2 rings (SSSR count). The molecule has 1 amide bonds. The Hall–Kier alpha value is -0.570. The summed E-state index contributed by atoms with van der Waals surface area (Å²) in [5.41, 5.74) is 0. The minimum Gasteiger partial charge on any atom is -0.396 e. The largest absolute Gasteiger partial charge is 0.396 e. The summed E-state index contributed by atoms with van der Waals surface area (Å²) in [6, 6.07) is 0.490. The molecule has 0 spiro atoms. The zero-order chi connectivity index (χ0) is 9.26. The fourth-order valence-electron chi connectivity index (χ4n) is 2.50. The van der Waals surface area contributed by atoms with Gasteiger partial charge in [0.2, 0.25) is 5.91 Å². The van der Waals surface area contributed by atoms with Crippen LogP contribution in [0.1, 0.15) is 32.1 Å². The van der Waals surface area contributed by atoms with E-state index in [2.05, 4.69) is 0 Å². The number of hydrogen-bond acceptors (Lipinski definition) is 2. The molecule has 2 fully saturated rings. The summed E-state index contributed by atoms with van der Waals surface area (Å²) in [7, 11) is 0. The van der Waals surface area contributed by atoms with Crippen LogP contribution in [0.4, 0.5) is 0 Å². The monoisotopic (exact) mass is 183 g/mol. The highest BCUT2D eigenvalue weighted by molar-refractivity contribution is 5.79. The van der Waals surface area contributed by atoms with Gasteiger partial charge < -0.3 is 10.0 Å². The second kappa shape index (κ2) is 3.66. The molecule has 1 saturated carbocycles. The van der Waals surface area contributed by atoms with Crippen LogP contribution in [0, 0.1) is 5.92 Å². The third-order valence-corrected chi connectivity index (χ3v) is 3.26. The molecular formula is C10H17NO2. The molecule has 0 radical (unpaired) electrons. The number of carbonyl (C=O) groups is 1. The molecule has 3 heteroatoms. The van der Waals surface area contributed by atoms with Crippen LogP contribution in [0.25, 0.3) is 0 Å². The maximum absolute atomic E-state index is 11.5. The van der Waals surface area contributed by atoms with Gasteiger partial charge in [0.15, 0.2) is 0 Å². The minimum atomic E-state index is 0.162. The van der Waals surface area contributed by atoms with Crippen molar-refractivity contribution in [2.45, 2.75) is 38.1 Å². The maximum atomic E-state index is 11.5. The van der Waals surface area contributed by atoms with E-state index in [9.17, 15) is 4.79 Å². The SMILES string of the molecule is O=C1CC(CO)CN1C1CCCC1. The Morgan fingerprint density at radius 1 is 1.38 bits per heavy atom. The second-order valence-corrected chi connectivity index (χ2v) is 4.24. The van der Waals surface area contributed by atoms with E-state index in [1.165, 1.54) is 25.7 Å². The van der Waals surface area contributed by atoms with Gasteiger partial charge in [-0.05, 0) is 12.8 Å². The Labute approximate surface area is 78.7 Å². The Bertz CT molecular complexity index is 199. The first-order valence-corrected chi connectivity index (χ1v) is 5.21. The zero-order valence-corrected chi connectivity index (χ0v) is 7.91. The number of aliphatic hydroxyl groups is 1. The maximum Gasteiger partial charge on any atom is 0.223 e. The first-order valence-electron chi connectivity index (χ1n) is 5.21. The van der Waals surface area contributed by atoms with E-state index in [0.29, 0.717) is 12.5 Å². The first-order chi connectivity index (χ1) is 6.31. The fraction of sp³-hybridized carbons (Fsp3) is 0.900. The van der Waals surface area contributed by atoms with Crippen LogP contribution < -0.4 is 0 Å². The summed E-state index contributed by atoms with van der Waals surface area (Å²) >= 11 is 0. The van der Waals surface area contributed by atoms with Gasteiger partial charge in [0, 0.05) is 31.5 Å². The van der Waals surface area contributed by atoms with Gasteiger partial charge in [-0.2, -0.15) is 0 Å². The van der Waals surface area contributed by atoms with Crippen molar-refractivity contribution in [2.75, 3.05) is 13.2 Å². The van der Waals surface area contributed by atoms with Crippen LogP contribution in [0.5, 0.6) is 0 Å². The molecule has 2 aliphatic rings. The predicted molar refractivity (Wildman–Crippen MR) is 49.2 cm³/mol. The molecule has 3 nitrogen and oxygen atoms in total. The molecular weight excluding hydrogens is 166 g/mol. The number of nitrogens with zero attached hydrogens (tertiary/aromatic N) is 1. The van der Waals surface area contributed by atoms with Crippen LogP contribution in [0.15, 0.2) is 0 Å². The van der Waals surface area contributed by atoms with Gasteiger partial charge in [-0.25, -0.2) is 0 Å². The summed E-state index contributed by atoms with van der Waals surface area (Å²) in [6.45, 7) is 0.953. The lowest BCUT2D eigenvalue weighted by Gasteiger charge is -2.23. The van der Waals surface area contributed by atoms with Crippen molar-refractivity contribution in [3.05, 3.63) is 0 Å². The van der Waals surface area contributed by atoms with Crippen molar-refractivity contribution in [3.63, 3.8) is 0 Å². The smallest absolute Gasteiger partial charge is 0.223 e. The van der Waals surface area contributed by atoms with Crippen molar-refractivity contribution in [1.29, 1.82) is 0 Å². The standard InChI is InChI=1S/C10H17NO2/c12-7-8-5-10(13)11(6-8)9-3-1-2-4-9/h8-9,12H,1-7H2. The third kappa shape index (κ3) is 1.70. The number of aliphatic hydroxyl groups excluding tert-OH is 1. The molecule has 1 aliphatic heterocycles. The number of likely N-dealkylation sites (tertiary alicyclic amines) is 1. The summed E-state index contributed by atoms with van der Waals surface area (Å²) in [4.78, 5) is 13.5. The number of hydrogen-bond donors (Lipinski definition) is 1. The summed E-state index contributed by atoms with van der Waals surface area (Å²) in [5.74, 6) is 0.457. The zero-order valence-electron chi connectivity index (χ0n) is 7.91. The molecule has 13 heavy (non-hydrogen) atoms. The Balaban J connectivity index is 1.95. The summed E-state index contributed by atoms with van der Waals surface area (Å²) in [6.07, 6.45) is 5.43. The Morgan fingerprint density at radius 2 is 2.08 bits per heavy atom. The molecule has 1 N–H and O–H groups in total. The van der Waals surface area contributed by atoms with Crippen LogP contribution in [0.2, 0.25) is 0 Å². The van der Waals surface area contributed by atoms with Crippen LogP contribution in [-0.4, -0.2) is 35.1 Å². The Morgan fingerprint density at radius 3 is 2.62 bits per heavy atom. The van der Waals surface area contributed by atoms with Gasteiger partial charge in [0.05, 0.1) is 0 Å². The van der Waals surface area contributed by atoms with Gasteiger partial charge >= 0.3 is 0 Å². The number of rotatable bonds is 2. The molecule has 1 saturated heterocycles. The highest BCUT2D eigenvalue weighted by Gasteiger charge is 2.34. The molecule has 1 atom stereocenters. The van der Waals surface area contributed by atoms with Crippen molar-refractivity contribution in [2.24, 2.45) is 5.92 Å². The first kappa shape index (κ1) is 9.00. The molecule has 0 aromatic heterocycles. The van der Waals surface area contributed by atoms with Gasteiger partial charge in [-0.1, -0.05) is 12.8 Å². The second-order valence-electron chi connectivity index (χ2n) is 4.24. The van der Waals surface area contributed by atoms with Crippen LogP contribution >= 0.6 is 0 Å². The van der Waals surface area contributed by atoms with E-state index in [1.54, 1.807) is 0 Å². The fourth-order valence-corrected chi connectivity index (χ4v) is 2.50. The van der Waals surface area contributed by atoms with Crippen LogP contribution in [-0.2, 0) is 4.79 Å². The normalized spacial score (nSPS) is 30.4. The quantitative estimate of drug-likeness (QED) is 0.687. The van der Waals surface area contributed by atoms with Crippen molar-refractivity contribution >= 4 is 5.91 Å². The molecule has 1 aliphatic carbocycles. The van der Waals surface area contributed by atoms with E-state index < -0.39 is 0 Å². The molecule has 1 unspecified atom stereocenters. The van der Waals surface area contributed by atoms with Gasteiger partial charge in [-0.3, -0.25) is 4.79 Å². The molecule has 0 aromatic carbocycles. The van der Waals surface area contributed by atoms with Crippen molar-refractivity contribution in [3.8, 4) is 0 Å². The van der Waals surface area contributed by atoms with E-state index in [4.69, 9.17) is 5.11 Å². The van der Waals surface area contributed by atoms with Gasteiger partial charge in [0.25, 0.3) is 0 Å². The number of carbonyl (C=O) groups excluding carboxylic acids is 1. The van der Waals surface area contributed by atoms with Crippen molar-refractivity contribution < 1.29 is 9.90 Å². The number of amides is 1. The van der Waals surface area contributed by atoms with Crippen molar-refractivity contribution in [1.82, 2.24) is 4.90 Å². The lowest BCUT2D eigenvalue weighted by atomic mass is 10.1. The minimum absolute atomic E-state index is 0.162. The van der Waals surface area contributed by atoms with Gasteiger partial charge in [-0.15, -0.1) is 0 Å².